The van der Waals surface area contributed by atoms with Crippen molar-refractivity contribution in [2.75, 3.05) is 0 Å². The zero-order valence-electron chi connectivity index (χ0n) is 9.49. The van der Waals surface area contributed by atoms with Gasteiger partial charge in [-0.25, -0.2) is 0 Å². The SMILES string of the molecule is CC(NC(=O)c1cn[nH]c1)C1=CCCCC1. The second-order valence-corrected chi connectivity index (χ2v) is 4.21. The third-order valence-electron chi connectivity index (χ3n) is 2.99. The van der Waals surface area contributed by atoms with Crippen LogP contribution >= 0.6 is 0 Å². The number of allylic oxidation sites excluding steroid dienone is 1. The van der Waals surface area contributed by atoms with Crippen LogP contribution in [0, 0.1) is 0 Å². The van der Waals surface area contributed by atoms with E-state index in [2.05, 4.69) is 21.6 Å². The Balaban J connectivity index is 1.94. The van der Waals surface area contributed by atoms with Gasteiger partial charge in [0.25, 0.3) is 5.91 Å². The van der Waals surface area contributed by atoms with Gasteiger partial charge in [-0.2, -0.15) is 5.10 Å². The average Bonchev–Trinajstić information content (AvgIpc) is 2.83. The fourth-order valence-corrected chi connectivity index (χ4v) is 2.00. The molecule has 0 aromatic carbocycles. The molecule has 1 aromatic heterocycles. The summed E-state index contributed by atoms with van der Waals surface area (Å²) in [7, 11) is 0. The summed E-state index contributed by atoms with van der Waals surface area (Å²) in [5.41, 5.74) is 1.94. The standard InChI is InChI=1S/C12H17N3O/c1-9(10-5-3-2-4-6-10)15-12(16)11-7-13-14-8-11/h5,7-9H,2-4,6H2,1H3,(H,13,14)(H,15,16). The predicted molar refractivity (Wildman–Crippen MR) is 62.1 cm³/mol. The van der Waals surface area contributed by atoms with E-state index in [1.54, 1.807) is 6.20 Å². The Hall–Kier alpha value is -1.58. The van der Waals surface area contributed by atoms with Crippen molar-refractivity contribution in [1.29, 1.82) is 0 Å². The minimum atomic E-state index is -0.0623. The summed E-state index contributed by atoms with van der Waals surface area (Å²) >= 11 is 0. The second kappa shape index (κ2) is 4.96. The van der Waals surface area contributed by atoms with Gasteiger partial charge in [-0.15, -0.1) is 0 Å². The van der Waals surface area contributed by atoms with Crippen molar-refractivity contribution in [3.8, 4) is 0 Å². The largest absolute Gasteiger partial charge is 0.346 e. The van der Waals surface area contributed by atoms with Crippen molar-refractivity contribution < 1.29 is 4.79 Å². The molecule has 0 bridgehead atoms. The predicted octanol–water partition coefficient (Wildman–Crippen LogP) is 2.03. The van der Waals surface area contributed by atoms with Crippen LogP contribution in [0.2, 0.25) is 0 Å². The maximum atomic E-state index is 11.8. The molecule has 4 nitrogen and oxygen atoms in total. The van der Waals surface area contributed by atoms with Crippen molar-refractivity contribution >= 4 is 5.91 Å². The van der Waals surface area contributed by atoms with Crippen LogP contribution in [0.4, 0.5) is 0 Å². The van der Waals surface area contributed by atoms with Crippen molar-refractivity contribution in [2.24, 2.45) is 0 Å². The molecule has 1 aliphatic rings. The summed E-state index contributed by atoms with van der Waals surface area (Å²) in [6.45, 7) is 2.04. The molecule has 1 heterocycles. The van der Waals surface area contributed by atoms with Crippen LogP contribution in [0.5, 0.6) is 0 Å². The molecule has 16 heavy (non-hydrogen) atoms. The Kier molecular flexibility index (Phi) is 3.39. The molecule has 4 heteroatoms. The third-order valence-corrected chi connectivity index (χ3v) is 2.99. The van der Waals surface area contributed by atoms with E-state index in [9.17, 15) is 4.79 Å². The summed E-state index contributed by atoms with van der Waals surface area (Å²) in [4.78, 5) is 11.8. The van der Waals surface area contributed by atoms with Crippen LogP contribution < -0.4 is 5.32 Å². The number of carbonyl (C=O) groups excluding carboxylic acids is 1. The minimum absolute atomic E-state index is 0.0623. The number of carbonyl (C=O) groups is 1. The Morgan fingerprint density at radius 1 is 1.56 bits per heavy atom. The number of nitrogens with one attached hydrogen (secondary N) is 2. The molecule has 0 aliphatic heterocycles. The highest BCUT2D eigenvalue weighted by molar-refractivity contribution is 5.94. The lowest BCUT2D eigenvalue weighted by Crippen LogP contribution is -2.34. The number of aromatic amines is 1. The van der Waals surface area contributed by atoms with E-state index in [4.69, 9.17) is 0 Å². The lowest BCUT2D eigenvalue weighted by molar-refractivity contribution is 0.0944. The van der Waals surface area contributed by atoms with E-state index < -0.39 is 0 Å². The van der Waals surface area contributed by atoms with Gasteiger partial charge in [-0.1, -0.05) is 11.6 Å². The Bertz CT molecular complexity index is 381. The maximum Gasteiger partial charge on any atom is 0.254 e. The van der Waals surface area contributed by atoms with Gasteiger partial charge in [-0.3, -0.25) is 9.89 Å². The zero-order chi connectivity index (χ0) is 11.4. The van der Waals surface area contributed by atoms with Crippen molar-refractivity contribution in [2.45, 2.75) is 38.6 Å². The number of rotatable bonds is 3. The molecule has 0 fully saturated rings. The van der Waals surface area contributed by atoms with Gasteiger partial charge < -0.3 is 5.32 Å². The molecule has 0 saturated heterocycles. The van der Waals surface area contributed by atoms with Gasteiger partial charge >= 0.3 is 0 Å². The first kappa shape index (κ1) is 10.9. The van der Waals surface area contributed by atoms with Gasteiger partial charge in [0.05, 0.1) is 11.8 Å². The Morgan fingerprint density at radius 3 is 3.06 bits per heavy atom. The van der Waals surface area contributed by atoms with Crippen LogP contribution in [0.25, 0.3) is 0 Å². The Morgan fingerprint density at radius 2 is 2.44 bits per heavy atom. The number of amides is 1. The van der Waals surface area contributed by atoms with E-state index in [1.807, 2.05) is 6.92 Å². The minimum Gasteiger partial charge on any atom is -0.346 e. The highest BCUT2D eigenvalue weighted by Crippen LogP contribution is 2.20. The molecule has 1 aliphatic carbocycles. The molecule has 86 valence electrons. The molecule has 0 spiro atoms. The highest BCUT2D eigenvalue weighted by atomic mass is 16.1. The molecule has 1 atom stereocenters. The molecule has 0 saturated carbocycles. The van der Waals surface area contributed by atoms with Gasteiger partial charge in [0.2, 0.25) is 0 Å². The van der Waals surface area contributed by atoms with E-state index in [-0.39, 0.29) is 11.9 Å². The van der Waals surface area contributed by atoms with Crippen LogP contribution in [0.3, 0.4) is 0 Å². The molecular formula is C12H17N3O. The summed E-state index contributed by atoms with van der Waals surface area (Å²) in [5, 5.41) is 9.39. The Labute approximate surface area is 95.1 Å². The van der Waals surface area contributed by atoms with E-state index in [0.717, 1.165) is 12.8 Å². The molecular weight excluding hydrogens is 202 g/mol. The van der Waals surface area contributed by atoms with E-state index in [0.29, 0.717) is 5.56 Å². The normalized spacial score (nSPS) is 17.7. The zero-order valence-corrected chi connectivity index (χ0v) is 9.49. The summed E-state index contributed by atoms with van der Waals surface area (Å²) in [5.74, 6) is -0.0623. The number of H-pyrrole nitrogens is 1. The fourth-order valence-electron chi connectivity index (χ4n) is 2.00. The molecule has 1 unspecified atom stereocenters. The topological polar surface area (TPSA) is 57.8 Å². The van der Waals surface area contributed by atoms with Crippen molar-refractivity contribution in [3.05, 3.63) is 29.6 Å². The molecule has 1 aromatic rings. The summed E-state index contributed by atoms with van der Waals surface area (Å²) in [6.07, 6.45) is 10.1. The first-order chi connectivity index (χ1) is 7.77. The van der Waals surface area contributed by atoms with Crippen molar-refractivity contribution in [3.63, 3.8) is 0 Å². The molecule has 0 radical (unpaired) electrons. The van der Waals surface area contributed by atoms with Gasteiger partial charge in [0, 0.05) is 12.2 Å². The molecule has 1 amide bonds. The molecule has 2 N–H and O–H groups in total. The summed E-state index contributed by atoms with van der Waals surface area (Å²) in [6, 6.07) is 0.127. The van der Waals surface area contributed by atoms with Crippen LogP contribution in [0.15, 0.2) is 24.0 Å². The van der Waals surface area contributed by atoms with Crippen molar-refractivity contribution in [1.82, 2.24) is 15.5 Å². The third kappa shape index (κ3) is 2.51. The smallest absolute Gasteiger partial charge is 0.254 e. The second-order valence-electron chi connectivity index (χ2n) is 4.21. The van der Waals surface area contributed by atoms with Gasteiger partial charge in [-0.05, 0) is 32.6 Å². The number of aromatic nitrogens is 2. The average molecular weight is 219 g/mol. The first-order valence-corrected chi connectivity index (χ1v) is 5.76. The quantitative estimate of drug-likeness (QED) is 0.764. The van der Waals surface area contributed by atoms with E-state index >= 15 is 0 Å². The summed E-state index contributed by atoms with van der Waals surface area (Å²) < 4.78 is 0. The highest BCUT2D eigenvalue weighted by Gasteiger charge is 2.15. The molecule has 2 rings (SSSR count). The number of nitrogens with zero attached hydrogens (tertiary/aromatic N) is 1. The lowest BCUT2D eigenvalue weighted by Gasteiger charge is -2.20. The first-order valence-electron chi connectivity index (χ1n) is 5.76. The van der Waals surface area contributed by atoms with Gasteiger partial charge in [0.1, 0.15) is 0 Å². The van der Waals surface area contributed by atoms with Crippen LogP contribution in [0.1, 0.15) is 43.0 Å². The van der Waals surface area contributed by atoms with Gasteiger partial charge in [0.15, 0.2) is 0 Å². The monoisotopic (exact) mass is 219 g/mol. The number of hydrogen-bond donors (Lipinski definition) is 2. The van der Waals surface area contributed by atoms with Crippen LogP contribution in [-0.4, -0.2) is 22.1 Å². The maximum absolute atomic E-state index is 11.8. The number of hydrogen-bond acceptors (Lipinski definition) is 2. The lowest BCUT2D eigenvalue weighted by atomic mass is 9.94. The van der Waals surface area contributed by atoms with Crippen LogP contribution in [-0.2, 0) is 0 Å². The fraction of sp³-hybridized carbons (Fsp3) is 0.500. The van der Waals surface area contributed by atoms with E-state index in [1.165, 1.54) is 24.6 Å².